The highest BCUT2D eigenvalue weighted by molar-refractivity contribution is 7.09. The maximum atomic E-state index is 12.3. The Labute approximate surface area is 129 Å². The van der Waals surface area contributed by atoms with Gasteiger partial charge < -0.3 is 9.64 Å². The third-order valence-electron chi connectivity index (χ3n) is 2.98. The summed E-state index contributed by atoms with van der Waals surface area (Å²) in [6, 6.07) is 11.7. The predicted molar refractivity (Wildman–Crippen MR) is 86.6 cm³/mol. The van der Waals surface area contributed by atoms with E-state index in [0.717, 1.165) is 16.2 Å². The highest BCUT2D eigenvalue weighted by atomic mass is 32.1. The van der Waals surface area contributed by atoms with Crippen molar-refractivity contribution in [2.75, 3.05) is 13.2 Å². The summed E-state index contributed by atoms with van der Waals surface area (Å²) in [5, 5.41) is 2.01. The van der Waals surface area contributed by atoms with E-state index in [1.54, 1.807) is 22.3 Å². The van der Waals surface area contributed by atoms with Crippen LogP contribution in [0.2, 0.25) is 0 Å². The van der Waals surface area contributed by atoms with Crippen LogP contribution in [0.15, 0.2) is 54.4 Å². The van der Waals surface area contributed by atoms with E-state index >= 15 is 0 Å². The van der Waals surface area contributed by atoms with E-state index in [1.165, 1.54) is 0 Å². The maximum absolute atomic E-state index is 12.3. The van der Waals surface area contributed by atoms with Gasteiger partial charge >= 0.3 is 0 Å². The van der Waals surface area contributed by atoms with Crippen LogP contribution in [0, 0.1) is 6.92 Å². The standard InChI is InChI=1S/C17H19NO2S/c1-3-9-18(12-16-8-5-10-21-16)17(19)13-20-15-7-4-6-14(2)11-15/h3-8,10-11H,1,9,12-13H2,2H3. The molecule has 0 bridgehead atoms. The minimum Gasteiger partial charge on any atom is -0.484 e. The highest BCUT2D eigenvalue weighted by Gasteiger charge is 2.14. The number of hydrogen-bond acceptors (Lipinski definition) is 3. The Morgan fingerprint density at radius 2 is 2.24 bits per heavy atom. The van der Waals surface area contributed by atoms with Crippen molar-refractivity contribution in [1.29, 1.82) is 0 Å². The molecule has 0 atom stereocenters. The molecule has 4 heteroatoms. The molecule has 0 radical (unpaired) electrons. The summed E-state index contributed by atoms with van der Waals surface area (Å²) < 4.78 is 5.57. The largest absolute Gasteiger partial charge is 0.484 e. The molecule has 1 amide bonds. The number of rotatable bonds is 7. The van der Waals surface area contributed by atoms with E-state index in [-0.39, 0.29) is 12.5 Å². The number of thiophene rings is 1. The van der Waals surface area contributed by atoms with Crippen molar-refractivity contribution in [1.82, 2.24) is 4.90 Å². The Hall–Kier alpha value is -2.07. The molecule has 0 saturated carbocycles. The van der Waals surface area contributed by atoms with E-state index < -0.39 is 0 Å². The molecule has 21 heavy (non-hydrogen) atoms. The van der Waals surface area contributed by atoms with Crippen molar-refractivity contribution in [2.24, 2.45) is 0 Å². The number of ether oxygens (including phenoxy) is 1. The van der Waals surface area contributed by atoms with Gasteiger partial charge in [-0.15, -0.1) is 17.9 Å². The molecule has 0 N–H and O–H groups in total. The van der Waals surface area contributed by atoms with Crippen molar-refractivity contribution >= 4 is 17.2 Å². The number of carbonyl (C=O) groups is 1. The van der Waals surface area contributed by atoms with Crippen LogP contribution in [0.5, 0.6) is 5.75 Å². The third-order valence-corrected chi connectivity index (χ3v) is 3.84. The van der Waals surface area contributed by atoms with Gasteiger partial charge in [-0.2, -0.15) is 0 Å². The molecule has 0 saturated heterocycles. The quantitative estimate of drug-likeness (QED) is 0.731. The molecule has 1 aromatic carbocycles. The van der Waals surface area contributed by atoms with E-state index in [4.69, 9.17) is 4.74 Å². The van der Waals surface area contributed by atoms with Crippen LogP contribution in [-0.4, -0.2) is 24.0 Å². The van der Waals surface area contributed by atoms with Crippen molar-refractivity contribution in [3.05, 3.63) is 64.9 Å². The topological polar surface area (TPSA) is 29.5 Å². The summed E-state index contributed by atoms with van der Waals surface area (Å²) in [7, 11) is 0. The fraction of sp³-hybridized carbons (Fsp3) is 0.235. The summed E-state index contributed by atoms with van der Waals surface area (Å²) in [6.45, 7) is 6.87. The second-order valence-electron chi connectivity index (χ2n) is 4.75. The smallest absolute Gasteiger partial charge is 0.261 e. The lowest BCUT2D eigenvalue weighted by Crippen LogP contribution is -2.34. The summed E-state index contributed by atoms with van der Waals surface area (Å²) in [6.07, 6.45) is 1.73. The van der Waals surface area contributed by atoms with Gasteiger partial charge in [0, 0.05) is 11.4 Å². The van der Waals surface area contributed by atoms with Crippen LogP contribution >= 0.6 is 11.3 Å². The molecule has 1 aromatic heterocycles. The van der Waals surface area contributed by atoms with E-state index in [1.807, 2.05) is 48.7 Å². The second kappa shape index (κ2) is 7.64. The Balaban J connectivity index is 1.93. The molecule has 0 aliphatic heterocycles. The molecule has 0 unspecified atom stereocenters. The zero-order valence-electron chi connectivity index (χ0n) is 12.1. The molecule has 1 heterocycles. The van der Waals surface area contributed by atoms with Crippen molar-refractivity contribution in [3.8, 4) is 5.75 Å². The molecule has 0 aliphatic carbocycles. The monoisotopic (exact) mass is 301 g/mol. The summed E-state index contributed by atoms with van der Waals surface area (Å²) >= 11 is 1.64. The number of nitrogens with zero attached hydrogens (tertiary/aromatic N) is 1. The Morgan fingerprint density at radius 1 is 1.38 bits per heavy atom. The van der Waals surface area contributed by atoms with Gasteiger partial charge in [0.05, 0.1) is 6.54 Å². The van der Waals surface area contributed by atoms with Gasteiger partial charge in [0.15, 0.2) is 6.61 Å². The predicted octanol–water partition coefficient (Wildman–Crippen LogP) is 3.65. The number of carbonyl (C=O) groups excluding carboxylic acids is 1. The first-order valence-corrected chi connectivity index (χ1v) is 7.67. The van der Waals surface area contributed by atoms with Gasteiger partial charge in [-0.1, -0.05) is 24.3 Å². The minimum absolute atomic E-state index is 0.0372. The van der Waals surface area contributed by atoms with Gasteiger partial charge in [-0.25, -0.2) is 0 Å². The number of benzene rings is 1. The molecular weight excluding hydrogens is 282 g/mol. The summed E-state index contributed by atoms with van der Waals surface area (Å²) in [5.41, 5.74) is 1.11. The molecule has 2 rings (SSSR count). The zero-order chi connectivity index (χ0) is 15.1. The van der Waals surface area contributed by atoms with Crippen molar-refractivity contribution in [2.45, 2.75) is 13.5 Å². The van der Waals surface area contributed by atoms with Crippen LogP contribution < -0.4 is 4.74 Å². The van der Waals surface area contributed by atoms with Gasteiger partial charge in [0.1, 0.15) is 5.75 Å². The van der Waals surface area contributed by atoms with E-state index in [2.05, 4.69) is 6.58 Å². The van der Waals surface area contributed by atoms with Crippen LogP contribution in [0.4, 0.5) is 0 Å². The lowest BCUT2D eigenvalue weighted by Gasteiger charge is -2.20. The van der Waals surface area contributed by atoms with Gasteiger partial charge in [0.2, 0.25) is 0 Å². The van der Waals surface area contributed by atoms with E-state index in [9.17, 15) is 4.79 Å². The van der Waals surface area contributed by atoms with E-state index in [0.29, 0.717) is 13.1 Å². The molecule has 0 aliphatic rings. The Morgan fingerprint density at radius 3 is 2.90 bits per heavy atom. The Kier molecular flexibility index (Phi) is 5.58. The van der Waals surface area contributed by atoms with Crippen molar-refractivity contribution < 1.29 is 9.53 Å². The number of hydrogen-bond donors (Lipinski definition) is 0. The molecule has 2 aromatic rings. The lowest BCUT2D eigenvalue weighted by atomic mass is 10.2. The van der Waals surface area contributed by atoms with Crippen LogP contribution in [0.1, 0.15) is 10.4 Å². The Bertz CT molecular complexity index is 593. The normalized spacial score (nSPS) is 10.1. The fourth-order valence-corrected chi connectivity index (χ4v) is 2.66. The van der Waals surface area contributed by atoms with Crippen LogP contribution in [-0.2, 0) is 11.3 Å². The second-order valence-corrected chi connectivity index (χ2v) is 5.78. The zero-order valence-corrected chi connectivity index (χ0v) is 12.9. The van der Waals surface area contributed by atoms with Crippen molar-refractivity contribution in [3.63, 3.8) is 0 Å². The fourth-order valence-electron chi connectivity index (χ4n) is 1.94. The average molecular weight is 301 g/mol. The third kappa shape index (κ3) is 4.76. The minimum atomic E-state index is -0.0372. The molecule has 3 nitrogen and oxygen atoms in total. The number of amides is 1. The lowest BCUT2D eigenvalue weighted by molar-refractivity contribution is -0.133. The van der Waals surface area contributed by atoms with Gasteiger partial charge in [-0.05, 0) is 36.1 Å². The molecule has 0 fully saturated rings. The highest BCUT2D eigenvalue weighted by Crippen LogP contribution is 2.14. The first-order valence-electron chi connectivity index (χ1n) is 6.79. The van der Waals surface area contributed by atoms with Gasteiger partial charge in [-0.3, -0.25) is 4.79 Å². The average Bonchev–Trinajstić information content (AvgIpc) is 2.97. The molecular formula is C17H19NO2S. The van der Waals surface area contributed by atoms with Crippen LogP contribution in [0.3, 0.4) is 0 Å². The maximum Gasteiger partial charge on any atom is 0.261 e. The van der Waals surface area contributed by atoms with Crippen LogP contribution in [0.25, 0.3) is 0 Å². The van der Waals surface area contributed by atoms with Gasteiger partial charge in [0.25, 0.3) is 5.91 Å². The summed E-state index contributed by atoms with van der Waals surface area (Å²) in [4.78, 5) is 15.2. The molecule has 110 valence electrons. The molecule has 0 spiro atoms. The first-order chi connectivity index (χ1) is 10.2. The summed E-state index contributed by atoms with van der Waals surface area (Å²) in [5.74, 6) is 0.683. The SMILES string of the molecule is C=CCN(Cc1cccs1)C(=O)COc1cccc(C)c1. The number of aryl methyl sites for hydroxylation is 1. The first kappa shape index (κ1) is 15.3.